The van der Waals surface area contributed by atoms with Crippen molar-refractivity contribution in [2.75, 3.05) is 6.61 Å². The van der Waals surface area contributed by atoms with E-state index in [-0.39, 0.29) is 23.9 Å². The highest BCUT2D eigenvalue weighted by Crippen LogP contribution is 2.42. The first kappa shape index (κ1) is 21.0. The van der Waals surface area contributed by atoms with Gasteiger partial charge >= 0.3 is 0 Å². The lowest BCUT2D eigenvalue weighted by molar-refractivity contribution is 0.343. The molecule has 0 radical (unpaired) electrons. The van der Waals surface area contributed by atoms with E-state index in [0.29, 0.717) is 33.6 Å². The van der Waals surface area contributed by atoms with Crippen molar-refractivity contribution in [2.24, 2.45) is 0 Å². The van der Waals surface area contributed by atoms with Crippen molar-refractivity contribution >= 4 is 28.7 Å². The van der Waals surface area contributed by atoms with Crippen LogP contribution in [0.2, 0.25) is 0 Å². The lowest BCUT2D eigenvalue weighted by atomic mass is 9.94. The Hall–Kier alpha value is -4.22. The highest BCUT2D eigenvalue weighted by molar-refractivity contribution is 5.90. The molecule has 0 unspecified atom stereocenters. The maximum absolute atomic E-state index is 10.5. The van der Waals surface area contributed by atoms with Gasteiger partial charge in [-0.05, 0) is 53.1 Å². The zero-order valence-electron chi connectivity index (χ0n) is 17.2. The van der Waals surface area contributed by atoms with Crippen LogP contribution in [0, 0.1) is 0 Å². The molecule has 4 N–H and O–H groups in total. The molecular formula is C27H22O5. The van der Waals surface area contributed by atoms with Gasteiger partial charge in [0.1, 0.15) is 28.6 Å². The van der Waals surface area contributed by atoms with Crippen molar-refractivity contribution in [2.45, 2.75) is 0 Å². The summed E-state index contributed by atoms with van der Waals surface area (Å²) in [5.74, 6) is 0.107. The lowest BCUT2D eigenvalue weighted by Crippen LogP contribution is -1.91. The van der Waals surface area contributed by atoms with Crippen molar-refractivity contribution < 1.29 is 24.8 Å². The smallest absolute Gasteiger partial charge is 0.139 e. The van der Waals surface area contributed by atoms with E-state index in [1.54, 1.807) is 42.5 Å². The van der Waals surface area contributed by atoms with Crippen LogP contribution in [0.5, 0.6) is 17.2 Å². The Bertz CT molecular complexity index is 1370. The lowest BCUT2D eigenvalue weighted by Gasteiger charge is -2.13. The van der Waals surface area contributed by atoms with Crippen LogP contribution in [0.25, 0.3) is 40.0 Å². The quantitative estimate of drug-likeness (QED) is 0.307. The molecule has 0 fully saturated rings. The summed E-state index contributed by atoms with van der Waals surface area (Å²) >= 11 is 0. The number of phenolic OH excluding ortho intramolecular Hbond substituents is 3. The summed E-state index contributed by atoms with van der Waals surface area (Å²) in [5, 5.41) is 41.1. The number of rotatable bonds is 6. The summed E-state index contributed by atoms with van der Waals surface area (Å²) in [7, 11) is 0. The first-order valence-electron chi connectivity index (χ1n) is 9.93. The van der Waals surface area contributed by atoms with Crippen LogP contribution in [0.4, 0.5) is 0 Å². The summed E-state index contributed by atoms with van der Waals surface area (Å²) in [6.45, 7) is 7.73. The van der Waals surface area contributed by atoms with E-state index < -0.39 is 0 Å². The molecule has 0 atom stereocenters. The zero-order valence-corrected chi connectivity index (χ0v) is 17.2. The van der Waals surface area contributed by atoms with Crippen molar-refractivity contribution in [3.05, 3.63) is 96.1 Å². The number of phenols is 3. The zero-order chi connectivity index (χ0) is 22.8. The SMILES string of the molecule is C=Cc1ccc(O)c(C(=C)c2cc(-c3cc4cc(/C=C/CO)ccc4o3)c(O)cc2O)c1. The van der Waals surface area contributed by atoms with Gasteiger partial charge in [0.15, 0.2) is 0 Å². The Morgan fingerprint density at radius 1 is 0.844 bits per heavy atom. The molecule has 0 aliphatic carbocycles. The van der Waals surface area contributed by atoms with Crippen LogP contribution in [-0.4, -0.2) is 27.0 Å². The molecule has 1 heterocycles. The molecule has 4 aromatic rings. The predicted molar refractivity (Wildman–Crippen MR) is 127 cm³/mol. The monoisotopic (exact) mass is 426 g/mol. The number of furan rings is 1. The van der Waals surface area contributed by atoms with Gasteiger partial charge < -0.3 is 24.8 Å². The second-order valence-electron chi connectivity index (χ2n) is 7.34. The molecule has 0 bridgehead atoms. The minimum absolute atomic E-state index is 0.0156. The molecule has 5 heteroatoms. The van der Waals surface area contributed by atoms with Gasteiger partial charge in [0.25, 0.3) is 0 Å². The molecule has 0 aliphatic heterocycles. The van der Waals surface area contributed by atoms with E-state index in [1.807, 2.05) is 18.2 Å². The van der Waals surface area contributed by atoms with Crippen molar-refractivity contribution in [3.8, 4) is 28.6 Å². The third kappa shape index (κ3) is 3.89. The molecular weight excluding hydrogens is 404 g/mol. The minimum Gasteiger partial charge on any atom is -0.507 e. The fraction of sp³-hybridized carbons (Fsp3) is 0.0370. The molecule has 0 saturated carbocycles. The van der Waals surface area contributed by atoms with Crippen LogP contribution < -0.4 is 0 Å². The maximum atomic E-state index is 10.5. The molecule has 1 aromatic heterocycles. The fourth-order valence-corrected chi connectivity index (χ4v) is 3.57. The Kier molecular flexibility index (Phi) is 5.58. The van der Waals surface area contributed by atoms with Crippen LogP contribution in [0.3, 0.4) is 0 Å². The van der Waals surface area contributed by atoms with Gasteiger partial charge in [0.05, 0.1) is 12.2 Å². The minimum atomic E-state index is -0.174. The summed E-state index contributed by atoms with van der Waals surface area (Å²) in [6, 6.07) is 15.2. The Morgan fingerprint density at radius 2 is 1.59 bits per heavy atom. The third-order valence-electron chi connectivity index (χ3n) is 5.24. The van der Waals surface area contributed by atoms with Crippen molar-refractivity contribution in [3.63, 3.8) is 0 Å². The molecule has 0 amide bonds. The van der Waals surface area contributed by atoms with E-state index in [4.69, 9.17) is 9.52 Å². The summed E-state index contributed by atoms with van der Waals surface area (Å²) < 4.78 is 5.93. The molecule has 0 spiro atoms. The van der Waals surface area contributed by atoms with Gasteiger partial charge in [-0.25, -0.2) is 0 Å². The molecule has 4 rings (SSSR count). The van der Waals surface area contributed by atoms with Gasteiger partial charge in [-0.3, -0.25) is 0 Å². The fourth-order valence-electron chi connectivity index (χ4n) is 3.57. The van der Waals surface area contributed by atoms with E-state index in [0.717, 1.165) is 16.5 Å². The van der Waals surface area contributed by atoms with E-state index in [2.05, 4.69) is 13.2 Å². The highest BCUT2D eigenvalue weighted by Gasteiger charge is 2.18. The summed E-state index contributed by atoms with van der Waals surface area (Å²) in [6.07, 6.45) is 5.09. The average Bonchev–Trinajstić information content (AvgIpc) is 3.20. The Morgan fingerprint density at radius 3 is 2.34 bits per heavy atom. The number of fused-ring (bicyclic) bond motifs is 1. The van der Waals surface area contributed by atoms with Crippen LogP contribution >= 0.6 is 0 Å². The Labute approximate surface area is 185 Å². The topological polar surface area (TPSA) is 94.1 Å². The predicted octanol–water partition coefficient (Wildman–Crippen LogP) is 5.93. The van der Waals surface area contributed by atoms with Crippen LogP contribution in [-0.2, 0) is 0 Å². The number of aliphatic hydroxyl groups is 1. The first-order valence-corrected chi connectivity index (χ1v) is 9.93. The van der Waals surface area contributed by atoms with Crippen molar-refractivity contribution in [1.29, 1.82) is 0 Å². The first-order chi connectivity index (χ1) is 15.4. The van der Waals surface area contributed by atoms with E-state index in [1.165, 1.54) is 12.1 Å². The van der Waals surface area contributed by atoms with Gasteiger partial charge in [0.2, 0.25) is 0 Å². The third-order valence-corrected chi connectivity index (χ3v) is 5.24. The van der Waals surface area contributed by atoms with Crippen LogP contribution in [0.1, 0.15) is 22.3 Å². The standard InChI is InChI=1S/C27H22O5/c1-3-17-6-8-23(29)20(12-17)16(2)21-14-22(25(31)15-24(21)30)27-13-19-11-18(5-4-10-28)7-9-26(19)32-27/h3-9,11-15,28-31H,1-2,10H2/b5-4+. The van der Waals surface area contributed by atoms with E-state index in [9.17, 15) is 15.3 Å². The second kappa shape index (κ2) is 8.49. The number of benzene rings is 3. The molecule has 3 aromatic carbocycles. The molecule has 32 heavy (non-hydrogen) atoms. The molecule has 0 aliphatic rings. The molecule has 5 nitrogen and oxygen atoms in total. The normalized spacial score (nSPS) is 11.3. The van der Waals surface area contributed by atoms with Crippen molar-refractivity contribution in [1.82, 2.24) is 0 Å². The number of hydrogen-bond donors (Lipinski definition) is 4. The summed E-state index contributed by atoms with van der Waals surface area (Å²) in [5.41, 5.74) is 3.88. The highest BCUT2D eigenvalue weighted by atomic mass is 16.3. The van der Waals surface area contributed by atoms with Gasteiger partial charge in [-0.1, -0.05) is 43.5 Å². The number of aliphatic hydroxyl groups excluding tert-OH is 1. The second-order valence-corrected chi connectivity index (χ2v) is 7.34. The number of aromatic hydroxyl groups is 3. The largest absolute Gasteiger partial charge is 0.507 e. The Balaban J connectivity index is 1.80. The van der Waals surface area contributed by atoms with Gasteiger partial charge in [-0.2, -0.15) is 0 Å². The molecule has 160 valence electrons. The number of hydrogen-bond acceptors (Lipinski definition) is 5. The summed E-state index contributed by atoms with van der Waals surface area (Å²) in [4.78, 5) is 0. The van der Waals surface area contributed by atoms with E-state index >= 15 is 0 Å². The van der Waals surface area contributed by atoms with Gasteiger partial charge in [0, 0.05) is 22.6 Å². The average molecular weight is 426 g/mol. The van der Waals surface area contributed by atoms with Crippen LogP contribution in [0.15, 0.2) is 78.2 Å². The van der Waals surface area contributed by atoms with Gasteiger partial charge in [-0.15, -0.1) is 0 Å². The molecule has 0 saturated heterocycles. The maximum Gasteiger partial charge on any atom is 0.139 e.